The van der Waals surface area contributed by atoms with Gasteiger partial charge in [-0.1, -0.05) is 54.4 Å². The van der Waals surface area contributed by atoms with Gasteiger partial charge in [0.1, 0.15) is 0 Å². The third-order valence-electron chi connectivity index (χ3n) is 2.84. The number of thioether (sulfide) groups is 1. The van der Waals surface area contributed by atoms with Gasteiger partial charge in [0.25, 0.3) is 0 Å². The van der Waals surface area contributed by atoms with E-state index in [1.54, 1.807) is 10.7 Å². The van der Waals surface area contributed by atoms with Crippen molar-refractivity contribution < 1.29 is 0 Å². The molecule has 1 aromatic carbocycles. The first-order chi connectivity index (χ1) is 9.61. The number of hydrogen-bond donors (Lipinski definition) is 1. The molecule has 0 fully saturated rings. The number of benzene rings is 1. The molecular formula is C13H16Cl2N4S. The van der Waals surface area contributed by atoms with Gasteiger partial charge in [-0.2, -0.15) is 0 Å². The van der Waals surface area contributed by atoms with E-state index < -0.39 is 0 Å². The van der Waals surface area contributed by atoms with Crippen molar-refractivity contribution in [3.63, 3.8) is 0 Å². The normalized spacial score (nSPS) is 10.9. The van der Waals surface area contributed by atoms with Crippen LogP contribution in [0, 0.1) is 0 Å². The fourth-order valence-corrected chi connectivity index (χ4v) is 2.83. The number of aromatic nitrogens is 3. The molecule has 7 heteroatoms. The molecule has 0 atom stereocenters. The zero-order chi connectivity index (χ0) is 14.5. The summed E-state index contributed by atoms with van der Waals surface area (Å²) in [7, 11) is 0. The SMILES string of the molecule is CCCCc1nnc(SCc2ccc(Cl)c(Cl)c2)n1N. The topological polar surface area (TPSA) is 56.7 Å². The van der Waals surface area contributed by atoms with E-state index in [4.69, 9.17) is 29.0 Å². The van der Waals surface area contributed by atoms with Crippen molar-refractivity contribution in [2.75, 3.05) is 5.84 Å². The van der Waals surface area contributed by atoms with Crippen LogP contribution in [-0.2, 0) is 12.2 Å². The van der Waals surface area contributed by atoms with E-state index in [0.29, 0.717) is 15.2 Å². The summed E-state index contributed by atoms with van der Waals surface area (Å²) in [5, 5.41) is 10.1. The predicted molar refractivity (Wildman–Crippen MR) is 84.8 cm³/mol. The first-order valence-corrected chi connectivity index (χ1v) is 8.12. The molecule has 108 valence electrons. The minimum absolute atomic E-state index is 0.558. The molecule has 0 bridgehead atoms. The molecule has 4 nitrogen and oxygen atoms in total. The molecular weight excluding hydrogens is 315 g/mol. The Kier molecular flexibility index (Phi) is 5.57. The maximum atomic E-state index is 5.99. The van der Waals surface area contributed by atoms with Crippen molar-refractivity contribution in [2.45, 2.75) is 37.1 Å². The second-order valence-corrected chi connectivity index (χ2v) is 6.17. The van der Waals surface area contributed by atoms with Crippen molar-refractivity contribution in [3.05, 3.63) is 39.6 Å². The van der Waals surface area contributed by atoms with Gasteiger partial charge in [0.2, 0.25) is 5.16 Å². The van der Waals surface area contributed by atoms with E-state index in [0.717, 1.165) is 36.4 Å². The highest BCUT2D eigenvalue weighted by molar-refractivity contribution is 7.98. The second-order valence-electron chi connectivity index (χ2n) is 4.41. The Labute approximate surface area is 132 Å². The average Bonchev–Trinajstić information content (AvgIpc) is 2.79. The van der Waals surface area contributed by atoms with Crippen molar-refractivity contribution in [1.29, 1.82) is 0 Å². The molecule has 0 saturated carbocycles. The summed E-state index contributed by atoms with van der Waals surface area (Å²) in [4.78, 5) is 0. The van der Waals surface area contributed by atoms with Crippen LogP contribution in [0.5, 0.6) is 0 Å². The Morgan fingerprint density at radius 1 is 1.25 bits per heavy atom. The molecule has 0 aliphatic rings. The number of nitrogen functional groups attached to an aromatic ring is 1. The molecule has 20 heavy (non-hydrogen) atoms. The van der Waals surface area contributed by atoms with Crippen LogP contribution in [0.25, 0.3) is 0 Å². The molecule has 0 aliphatic heterocycles. The summed E-state index contributed by atoms with van der Waals surface area (Å²) in [6, 6.07) is 5.59. The molecule has 2 rings (SSSR count). The summed E-state index contributed by atoms with van der Waals surface area (Å²) in [6.45, 7) is 2.14. The van der Waals surface area contributed by atoms with E-state index in [1.165, 1.54) is 11.8 Å². The van der Waals surface area contributed by atoms with E-state index in [1.807, 2.05) is 12.1 Å². The van der Waals surface area contributed by atoms with E-state index >= 15 is 0 Å². The number of nitrogens with zero attached hydrogens (tertiary/aromatic N) is 3. The van der Waals surface area contributed by atoms with Gasteiger partial charge in [-0.05, 0) is 24.1 Å². The zero-order valence-electron chi connectivity index (χ0n) is 11.1. The molecule has 0 spiro atoms. The largest absolute Gasteiger partial charge is 0.336 e. The fourth-order valence-electron chi connectivity index (χ4n) is 1.69. The lowest BCUT2D eigenvalue weighted by Gasteiger charge is -2.04. The number of aryl methyl sites for hydroxylation is 1. The zero-order valence-corrected chi connectivity index (χ0v) is 13.5. The van der Waals surface area contributed by atoms with Gasteiger partial charge < -0.3 is 5.84 Å². The molecule has 0 saturated heterocycles. The quantitative estimate of drug-likeness (QED) is 0.643. The summed E-state index contributed by atoms with van der Waals surface area (Å²) in [6.07, 6.45) is 3.03. The van der Waals surface area contributed by atoms with Crippen molar-refractivity contribution >= 4 is 35.0 Å². The Bertz CT molecular complexity index is 586. The van der Waals surface area contributed by atoms with Crippen molar-refractivity contribution in [2.24, 2.45) is 0 Å². The smallest absolute Gasteiger partial charge is 0.210 e. The predicted octanol–water partition coefficient (Wildman–Crippen LogP) is 3.93. The standard InChI is InChI=1S/C13H16Cl2N4S/c1-2-3-4-12-17-18-13(19(12)16)20-8-9-5-6-10(14)11(15)7-9/h5-7H,2-4,8,16H2,1H3. The van der Waals surface area contributed by atoms with Gasteiger partial charge >= 0.3 is 0 Å². The van der Waals surface area contributed by atoms with Gasteiger partial charge in [0, 0.05) is 12.2 Å². The number of unbranched alkanes of at least 4 members (excludes halogenated alkanes) is 1. The summed E-state index contributed by atoms with van der Waals surface area (Å²) in [5.41, 5.74) is 1.07. The highest BCUT2D eigenvalue weighted by atomic mass is 35.5. The first-order valence-electron chi connectivity index (χ1n) is 6.38. The number of nitrogens with two attached hydrogens (primary N) is 1. The first kappa shape index (κ1) is 15.5. The molecule has 2 aromatic rings. The molecule has 1 heterocycles. The van der Waals surface area contributed by atoms with Crippen LogP contribution in [0.4, 0.5) is 0 Å². The minimum atomic E-state index is 0.558. The van der Waals surface area contributed by atoms with E-state index in [-0.39, 0.29) is 0 Å². The monoisotopic (exact) mass is 330 g/mol. The molecule has 1 aromatic heterocycles. The fraction of sp³-hybridized carbons (Fsp3) is 0.385. The van der Waals surface area contributed by atoms with Crippen LogP contribution < -0.4 is 5.84 Å². The maximum Gasteiger partial charge on any atom is 0.210 e. The van der Waals surface area contributed by atoms with Crippen LogP contribution in [0.3, 0.4) is 0 Å². The van der Waals surface area contributed by atoms with Gasteiger partial charge in [0.15, 0.2) is 5.82 Å². The number of rotatable bonds is 6. The van der Waals surface area contributed by atoms with Gasteiger partial charge in [-0.15, -0.1) is 10.2 Å². The number of halogens is 2. The van der Waals surface area contributed by atoms with Gasteiger partial charge in [0.05, 0.1) is 10.0 Å². The third kappa shape index (κ3) is 3.81. The van der Waals surface area contributed by atoms with Crippen molar-refractivity contribution in [1.82, 2.24) is 14.9 Å². The van der Waals surface area contributed by atoms with Crippen LogP contribution >= 0.6 is 35.0 Å². The molecule has 0 unspecified atom stereocenters. The maximum absolute atomic E-state index is 5.99. The summed E-state index contributed by atoms with van der Waals surface area (Å²) < 4.78 is 1.57. The lowest BCUT2D eigenvalue weighted by molar-refractivity contribution is 0.712. The number of hydrogen-bond acceptors (Lipinski definition) is 4. The van der Waals surface area contributed by atoms with E-state index in [2.05, 4.69) is 17.1 Å². The molecule has 0 radical (unpaired) electrons. The van der Waals surface area contributed by atoms with Crippen LogP contribution in [-0.4, -0.2) is 14.9 Å². The van der Waals surface area contributed by atoms with Gasteiger partial charge in [-0.25, -0.2) is 4.68 Å². The average molecular weight is 331 g/mol. The highest BCUT2D eigenvalue weighted by Gasteiger charge is 2.10. The van der Waals surface area contributed by atoms with Crippen LogP contribution in [0.15, 0.2) is 23.4 Å². The Morgan fingerprint density at radius 2 is 2.05 bits per heavy atom. The molecule has 2 N–H and O–H groups in total. The lowest BCUT2D eigenvalue weighted by Crippen LogP contribution is -2.14. The van der Waals surface area contributed by atoms with Crippen LogP contribution in [0.1, 0.15) is 31.2 Å². The minimum Gasteiger partial charge on any atom is -0.336 e. The summed E-state index contributed by atoms with van der Waals surface area (Å²) >= 11 is 13.4. The summed E-state index contributed by atoms with van der Waals surface area (Å²) in [5.74, 6) is 7.53. The van der Waals surface area contributed by atoms with Crippen LogP contribution in [0.2, 0.25) is 10.0 Å². The lowest BCUT2D eigenvalue weighted by atomic mass is 10.2. The Balaban J connectivity index is 2.00. The second kappa shape index (κ2) is 7.20. The van der Waals surface area contributed by atoms with Crippen molar-refractivity contribution in [3.8, 4) is 0 Å². The Morgan fingerprint density at radius 3 is 2.75 bits per heavy atom. The third-order valence-corrected chi connectivity index (χ3v) is 4.59. The Hall–Kier alpha value is -0.910. The highest BCUT2D eigenvalue weighted by Crippen LogP contribution is 2.26. The van der Waals surface area contributed by atoms with E-state index in [9.17, 15) is 0 Å². The molecule has 0 amide bonds. The van der Waals surface area contributed by atoms with Gasteiger partial charge in [-0.3, -0.25) is 0 Å². The molecule has 0 aliphatic carbocycles.